The van der Waals surface area contributed by atoms with Crippen LogP contribution in [0, 0.1) is 5.92 Å². The summed E-state index contributed by atoms with van der Waals surface area (Å²) in [6.07, 6.45) is 2.04. The second-order valence-electron chi connectivity index (χ2n) is 6.65. The van der Waals surface area contributed by atoms with Crippen LogP contribution in [0.4, 0.5) is 4.79 Å². The second kappa shape index (κ2) is 7.64. The lowest BCUT2D eigenvalue weighted by Crippen LogP contribution is -2.50. The minimum Gasteiger partial charge on any atom is -0.444 e. The molecule has 1 rings (SSSR count). The predicted molar refractivity (Wildman–Crippen MR) is 79.8 cm³/mol. The Kier molecular flexibility index (Phi) is 6.45. The van der Waals surface area contributed by atoms with Gasteiger partial charge in [-0.2, -0.15) is 0 Å². The van der Waals surface area contributed by atoms with Crippen LogP contribution in [-0.2, 0) is 9.53 Å². The second-order valence-corrected chi connectivity index (χ2v) is 6.65. The van der Waals surface area contributed by atoms with Gasteiger partial charge < -0.3 is 20.1 Å². The van der Waals surface area contributed by atoms with Crippen LogP contribution in [0.5, 0.6) is 0 Å². The van der Waals surface area contributed by atoms with Crippen LogP contribution >= 0.6 is 0 Å². The molecule has 0 saturated carbocycles. The molecule has 2 N–H and O–H groups in total. The van der Waals surface area contributed by atoms with Crippen LogP contribution in [0.2, 0.25) is 0 Å². The van der Waals surface area contributed by atoms with Crippen molar-refractivity contribution in [2.75, 3.05) is 19.7 Å². The third kappa shape index (κ3) is 6.33. The molecule has 0 aromatic carbocycles. The molecule has 122 valence electrons. The van der Waals surface area contributed by atoms with Crippen molar-refractivity contribution in [3.63, 3.8) is 0 Å². The maximum absolute atomic E-state index is 12.3. The summed E-state index contributed by atoms with van der Waals surface area (Å²) in [7, 11) is 0. The van der Waals surface area contributed by atoms with Crippen LogP contribution in [0.1, 0.15) is 47.0 Å². The van der Waals surface area contributed by atoms with Crippen LogP contribution in [0.15, 0.2) is 0 Å². The summed E-state index contributed by atoms with van der Waals surface area (Å²) in [6.45, 7) is 8.59. The average Bonchev–Trinajstić information content (AvgIpc) is 2.36. The van der Waals surface area contributed by atoms with E-state index in [9.17, 15) is 9.59 Å². The Morgan fingerprint density at radius 2 is 1.90 bits per heavy atom. The van der Waals surface area contributed by atoms with Crippen molar-refractivity contribution < 1.29 is 19.4 Å². The van der Waals surface area contributed by atoms with Crippen molar-refractivity contribution >= 4 is 12.0 Å². The Labute approximate surface area is 126 Å². The molecule has 0 aromatic heterocycles. The molecule has 0 aromatic rings. The number of aliphatic hydroxyl groups is 1. The van der Waals surface area contributed by atoms with Gasteiger partial charge in [-0.05, 0) is 52.9 Å². The van der Waals surface area contributed by atoms with Gasteiger partial charge in [-0.25, -0.2) is 4.79 Å². The first-order chi connectivity index (χ1) is 9.73. The highest BCUT2D eigenvalue weighted by atomic mass is 16.6. The normalized spacial score (nSPS) is 18.2. The van der Waals surface area contributed by atoms with Gasteiger partial charge in [0.15, 0.2) is 0 Å². The molecule has 1 atom stereocenters. The third-order valence-corrected chi connectivity index (χ3v) is 3.57. The number of aliphatic hydroxyl groups excluding tert-OH is 1. The SMILES string of the molecule is C[C@H](NC(=O)OC(C)(C)C)C(=O)N1CCC(CCO)CC1. The Morgan fingerprint density at radius 3 is 2.38 bits per heavy atom. The van der Waals surface area contributed by atoms with E-state index >= 15 is 0 Å². The fourth-order valence-corrected chi connectivity index (χ4v) is 2.44. The fourth-order valence-electron chi connectivity index (χ4n) is 2.44. The molecule has 0 aliphatic carbocycles. The Bertz CT molecular complexity index is 357. The Hall–Kier alpha value is -1.30. The van der Waals surface area contributed by atoms with E-state index < -0.39 is 17.7 Å². The lowest BCUT2D eigenvalue weighted by Gasteiger charge is -2.33. The third-order valence-electron chi connectivity index (χ3n) is 3.57. The fraction of sp³-hybridized carbons (Fsp3) is 0.867. The standard InChI is InChI=1S/C15H28N2O4/c1-11(16-14(20)21-15(2,3)4)13(19)17-8-5-12(6-9-17)7-10-18/h11-12,18H,5-10H2,1-4H3,(H,16,20)/t11-/m0/s1. The first kappa shape index (κ1) is 17.8. The lowest BCUT2D eigenvalue weighted by molar-refractivity contribution is -0.134. The highest BCUT2D eigenvalue weighted by molar-refractivity contribution is 5.85. The molecule has 6 nitrogen and oxygen atoms in total. The Balaban J connectivity index is 2.39. The molecule has 1 aliphatic rings. The molecular formula is C15H28N2O4. The number of rotatable bonds is 4. The summed E-state index contributed by atoms with van der Waals surface area (Å²) in [5.74, 6) is 0.413. The van der Waals surface area contributed by atoms with Crippen LogP contribution < -0.4 is 5.32 Å². The number of nitrogens with one attached hydrogen (secondary N) is 1. The summed E-state index contributed by atoms with van der Waals surface area (Å²) >= 11 is 0. The molecule has 0 unspecified atom stereocenters. The van der Waals surface area contributed by atoms with E-state index in [1.807, 2.05) is 0 Å². The number of piperidine rings is 1. The summed E-state index contributed by atoms with van der Waals surface area (Å²) in [4.78, 5) is 25.7. The lowest BCUT2D eigenvalue weighted by atomic mass is 9.93. The number of carbonyl (C=O) groups is 2. The molecular weight excluding hydrogens is 272 g/mol. The highest BCUT2D eigenvalue weighted by Crippen LogP contribution is 2.20. The smallest absolute Gasteiger partial charge is 0.408 e. The van der Waals surface area contributed by atoms with Crippen molar-refractivity contribution in [2.45, 2.75) is 58.6 Å². The van der Waals surface area contributed by atoms with Crippen molar-refractivity contribution in [2.24, 2.45) is 5.92 Å². The predicted octanol–water partition coefficient (Wildman–Crippen LogP) is 1.52. The minimum absolute atomic E-state index is 0.0803. The number of hydrogen-bond acceptors (Lipinski definition) is 4. The number of nitrogens with zero attached hydrogens (tertiary/aromatic N) is 1. The average molecular weight is 300 g/mol. The van der Waals surface area contributed by atoms with Gasteiger partial charge in [0, 0.05) is 19.7 Å². The molecule has 0 radical (unpaired) electrons. The molecule has 1 fully saturated rings. The Morgan fingerprint density at radius 1 is 1.33 bits per heavy atom. The van der Waals surface area contributed by atoms with E-state index in [4.69, 9.17) is 9.84 Å². The van der Waals surface area contributed by atoms with Gasteiger partial charge in [0.1, 0.15) is 11.6 Å². The van der Waals surface area contributed by atoms with E-state index in [0.29, 0.717) is 19.0 Å². The van der Waals surface area contributed by atoms with Crippen LogP contribution in [-0.4, -0.2) is 53.3 Å². The van der Waals surface area contributed by atoms with Crippen molar-refractivity contribution in [1.29, 1.82) is 0 Å². The number of alkyl carbamates (subject to hydrolysis) is 1. The van der Waals surface area contributed by atoms with Gasteiger partial charge >= 0.3 is 6.09 Å². The zero-order valence-corrected chi connectivity index (χ0v) is 13.5. The van der Waals surface area contributed by atoms with E-state index in [0.717, 1.165) is 19.3 Å². The van der Waals surface area contributed by atoms with E-state index in [1.165, 1.54) is 0 Å². The first-order valence-corrected chi connectivity index (χ1v) is 7.62. The van der Waals surface area contributed by atoms with Gasteiger partial charge in [0.2, 0.25) is 5.91 Å². The van der Waals surface area contributed by atoms with Crippen LogP contribution in [0.3, 0.4) is 0 Å². The molecule has 2 amide bonds. The van der Waals surface area contributed by atoms with Crippen molar-refractivity contribution in [1.82, 2.24) is 10.2 Å². The maximum atomic E-state index is 12.3. The van der Waals surface area contributed by atoms with E-state index in [2.05, 4.69) is 5.32 Å². The highest BCUT2D eigenvalue weighted by Gasteiger charge is 2.27. The first-order valence-electron chi connectivity index (χ1n) is 7.62. The molecule has 0 spiro atoms. The molecule has 0 bridgehead atoms. The van der Waals surface area contributed by atoms with Gasteiger partial charge in [-0.3, -0.25) is 4.79 Å². The summed E-state index contributed by atoms with van der Waals surface area (Å²) in [5, 5.41) is 11.5. The number of ether oxygens (including phenoxy) is 1. The van der Waals surface area contributed by atoms with Crippen LogP contribution in [0.25, 0.3) is 0 Å². The van der Waals surface area contributed by atoms with Gasteiger partial charge in [-0.1, -0.05) is 0 Å². The van der Waals surface area contributed by atoms with Crippen molar-refractivity contribution in [3.05, 3.63) is 0 Å². The minimum atomic E-state index is -0.589. The topological polar surface area (TPSA) is 78.9 Å². The van der Waals surface area contributed by atoms with Gasteiger partial charge in [0.05, 0.1) is 0 Å². The molecule has 1 heterocycles. The number of likely N-dealkylation sites (tertiary alicyclic amines) is 1. The van der Waals surface area contributed by atoms with Gasteiger partial charge in [0.25, 0.3) is 0 Å². The monoisotopic (exact) mass is 300 g/mol. The largest absolute Gasteiger partial charge is 0.444 e. The quantitative estimate of drug-likeness (QED) is 0.825. The van der Waals surface area contributed by atoms with E-state index in [1.54, 1.807) is 32.6 Å². The number of hydrogen-bond donors (Lipinski definition) is 2. The molecule has 21 heavy (non-hydrogen) atoms. The van der Waals surface area contributed by atoms with Gasteiger partial charge in [-0.15, -0.1) is 0 Å². The maximum Gasteiger partial charge on any atom is 0.408 e. The zero-order chi connectivity index (χ0) is 16.0. The zero-order valence-electron chi connectivity index (χ0n) is 13.5. The number of amides is 2. The summed E-state index contributed by atoms with van der Waals surface area (Å²) in [6, 6.07) is -0.589. The van der Waals surface area contributed by atoms with E-state index in [-0.39, 0.29) is 12.5 Å². The molecule has 6 heteroatoms. The van der Waals surface area contributed by atoms with Crippen molar-refractivity contribution in [3.8, 4) is 0 Å². The summed E-state index contributed by atoms with van der Waals surface area (Å²) < 4.78 is 5.15. The number of carbonyl (C=O) groups excluding carboxylic acids is 2. The summed E-state index contributed by atoms with van der Waals surface area (Å²) in [5.41, 5.74) is -0.574. The molecule has 1 aliphatic heterocycles. The molecule has 1 saturated heterocycles.